The molecule has 0 radical (unpaired) electrons. The van der Waals surface area contributed by atoms with E-state index in [9.17, 15) is 4.79 Å². The van der Waals surface area contributed by atoms with Crippen LogP contribution in [0, 0.1) is 18.8 Å². The average Bonchev–Trinajstić information content (AvgIpc) is 2.91. The number of H-pyrrole nitrogens is 1. The van der Waals surface area contributed by atoms with Crippen molar-refractivity contribution in [1.29, 1.82) is 0 Å². The van der Waals surface area contributed by atoms with Crippen molar-refractivity contribution in [2.24, 2.45) is 11.8 Å². The van der Waals surface area contributed by atoms with Gasteiger partial charge in [0, 0.05) is 37.9 Å². The van der Waals surface area contributed by atoms with Gasteiger partial charge in [0.05, 0.1) is 5.69 Å². The molecule has 1 amide bonds. The molecule has 1 saturated heterocycles. The summed E-state index contributed by atoms with van der Waals surface area (Å²) in [6.07, 6.45) is 2.67. The summed E-state index contributed by atoms with van der Waals surface area (Å²) in [5.74, 6) is 3.65. The Morgan fingerprint density at radius 3 is 2.92 bits per heavy atom. The van der Waals surface area contributed by atoms with Crippen LogP contribution in [0.15, 0.2) is 5.38 Å². The van der Waals surface area contributed by atoms with Gasteiger partial charge in [0.1, 0.15) is 5.82 Å². The third kappa shape index (κ3) is 3.34. The number of rotatable bonds is 5. The number of aryl methyl sites for hydroxylation is 1. The van der Waals surface area contributed by atoms with E-state index in [2.05, 4.69) is 30.4 Å². The summed E-state index contributed by atoms with van der Waals surface area (Å²) in [5.41, 5.74) is 1.02. The molecule has 2 N–H and O–H groups in total. The zero-order valence-electron chi connectivity index (χ0n) is 14.0. The largest absolute Gasteiger partial charge is 0.302 e. The van der Waals surface area contributed by atoms with Crippen molar-refractivity contribution in [3.8, 4) is 0 Å². The number of aromatic nitrogens is 4. The van der Waals surface area contributed by atoms with Crippen molar-refractivity contribution in [2.45, 2.75) is 39.2 Å². The first-order valence-electron chi connectivity index (χ1n) is 8.41. The summed E-state index contributed by atoms with van der Waals surface area (Å²) < 4.78 is 0. The molecular formula is C16H22N6OS. The van der Waals surface area contributed by atoms with Crippen LogP contribution in [0.3, 0.4) is 0 Å². The fourth-order valence-corrected chi connectivity index (χ4v) is 4.41. The molecule has 0 aromatic carbocycles. The average molecular weight is 346 g/mol. The van der Waals surface area contributed by atoms with Gasteiger partial charge in [-0.2, -0.15) is 5.10 Å². The summed E-state index contributed by atoms with van der Waals surface area (Å²) in [6.45, 7) is 6.33. The minimum absolute atomic E-state index is 0.0779. The Balaban J connectivity index is 1.45. The van der Waals surface area contributed by atoms with Crippen molar-refractivity contribution < 1.29 is 4.79 Å². The van der Waals surface area contributed by atoms with E-state index in [1.807, 2.05) is 12.3 Å². The van der Waals surface area contributed by atoms with Gasteiger partial charge in [0.25, 0.3) is 0 Å². The first-order chi connectivity index (χ1) is 11.6. The van der Waals surface area contributed by atoms with Gasteiger partial charge in [0.15, 0.2) is 11.0 Å². The molecule has 1 aliphatic carbocycles. The molecule has 2 aliphatic rings. The number of nitrogens with one attached hydrogen (secondary N) is 2. The number of carbonyl (C=O) groups is 1. The predicted octanol–water partition coefficient (Wildman–Crippen LogP) is 2.15. The molecule has 2 aromatic rings. The molecule has 0 bridgehead atoms. The number of carbonyl (C=O) groups excluding carboxylic acids is 1. The maximum Gasteiger partial charge on any atom is 0.223 e. The summed E-state index contributed by atoms with van der Waals surface area (Å²) in [7, 11) is 0. The quantitative estimate of drug-likeness (QED) is 0.866. The monoisotopic (exact) mass is 346 g/mol. The minimum Gasteiger partial charge on any atom is -0.302 e. The second kappa shape index (κ2) is 6.25. The Morgan fingerprint density at radius 2 is 2.25 bits per heavy atom. The van der Waals surface area contributed by atoms with Crippen LogP contribution in [0.25, 0.3) is 0 Å². The molecular weight excluding hydrogens is 324 g/mol. The van der Waals surface area contributed by atoms with Gasteiger partial charge in [-0.15, -0.1) is 11.3 Å². The van der Waals surface area contributed by atoms with Crippen LogP contribution >= 0.6 is 11.3 Å². The zero-order valence-corrected chi connectivity index (χ0v) is 14.8. The number of amides is 1. The van der Waals surface area contributed by atoms with Gasteiger partial charge in [0.2, 0.25) is 5.91 Å². The number of likely N-dealkylation sites (tertiary alicyclic amines) is 1. The molecule has 2 fully saturated rings. The first kappa shape index (κ1) is 15.7. The third-order valence-electron chi connectivity index (χ3n) is 4.83. The lowest BCUT2D eigenvalue weighted by molar-refractivity contribution is -0.114. The van der Waals surface area contributed by atoms with E-state index in [0.717, 1.165) is 42.9 Å². The first-order valence-corrected chi connectivity index (χ1v) is 9.29. The molecule has 7 nitrogen and oxygen atoms in total. The lowest BCUT2D eigenvalue weighted by Crippen LogP contribution is -2.21. The van der Waals surface area contributed by atoms with Crippen molar-refractivity contribution in [3.63, 3.8) is 0 Å². The number of anilines is 1. The molecule has 3 heterocycles. The summed E-state index contributed by atoms with van der Waals surface area (Å²) >= 11 is 1.48. The maximum absolute atomic E-state index is 11.1. The molecule has 1 aliphatic heterocycles. The van der Waals surface area contributed by atoms with Gasteiger partial charge < -0.3 is 5.32 Å². The predicted molar refractivity (Wildman–Crippen MR) is 91.8 cm³/mol. The highest BCUT2D eigenvalue weighted by molar-refractivity contribution is 7.13. The van der Waals surface area contributed by atoms with Crippen molar-refractivity contribution in [2.75, 3.05) is 18.4 Å². The van der Waals surface area contributed by atoms with Gasteiger partial charge in [-0.05, 0) is 31.6 Å². The van der Waals surface area contributed by atoms with Crippen LogP contribution in [-0.4, -0.2) is 44.1 Å². The number of hydrogen-bond donors (Lipinski definition) is 2. The van der Waals surface area contributed by atoms with Crippen LogP contribution in [0.4, 0.5) is 5.13 Å². The Morgan fingerprint density at radius 1 is 1.42 bits per heavy atom. The molecule has 1 saturated carbocycles. The van der Waals surface area contributed by atoms with Gasteiger partial charge in [-0.25, -0.2) is 9.97 Å². The van der Waals surface area contributed by atoms with E-state index in [0.29, 0.717) is 17.0 Å². The zero-order chi connectivity index (χ0) is 16.7. The lowest BCUT2D eigenvalue weighted by Gasteiger charge is -2.14. The van der Waals surface area contributed by atoms with E-state index < -0.39 is 0 Å². The van der Waals surface area contributed by atoms with E-state index in [4.69, 9.17) is 0 Å². The molecule has 0 unspecified atom stereocenters. The van der Waals surface area contributed by atoms with Crippen LogP contribution < -0.4 is 5.32 Å². The number of thiazole rings is 1. The van der Waals surface area contributed by atoms with Crippen LogP contribution in [0.5, 0.6) is 0 Å². The highest BCUT2D eigenvalue weighted by Crippen LogP contribution is 2.47. The Labute approximate surface area is 144 Å². The van der Waals surface area contributed by atoms with Crippen molar-refractivity contribution in [3.05, 3.63) is 22.7 Å². The van der Waals surface area contributed by atoms with Crippen molar-refractivity contribution in [1.82, 2.24) is 25.1 Å². The Kier molecular flexibility index (Phi) is 4.09. The maximum atomic E-state index is 11.1. The lowest BCUT2D eigenvalue weighted by atomic mass is 9.91. The van der Waals surface area contributed by atoms with E-state index in [1.165, 1.54) is 31.1 Å². The van der Waals surface area contributed by atoms with Crippen molar-refractivity contribution >= 4 is 22.4 Å². The van der Waals surface area contributed by atoms with Crippen LogP contribution in [-0.2, 0) is 11.3 Å². The van der Waals surface area contributed by atoms with E-state index in [-0.39, 0.29) is 5.91 Å². The number of nitrogens with zero attached hydrogens (tertiary/aromatic N) is 4. The van der Waals surface area contributed by atoms with E-state index in [1.54, 1.807) is 0 Å². The Hall–Kier alpha value is -1.80. The molecule has 2 aromatic heterocycles. The topological polar surface area (TPSA) is 86.8 Å². The molecule has 24 heavy (non-hydrogen) atoms. The molecule has 2 atom stereocenters. The Bertz CT molecular complexity index is 737. The highest BCUT2D eigenvalue weighted by atomic mass is 32.1. The number of aromatic amines is 1. The smallest absolute Gasteiger partial charge is 0.223 e. The van der Waals surface area contributed by atoms with Gasteiger partial charge in [-0.1, -0.05) is 0 Å². The van der Waals surface area contributed by atoms with Crippen LogP contribution in [0.2, 0.25) is 0 Å². The van der Waals surface area contributed by atoms with Gasteiger partial charge >= 0.3 is 0 Å². The van der Waals surface area contributed by atoms with Gasteiger partial charge in [-0.3, -0.25) is 14.8 Å². The second-order valence-electron chi connectivity index (χ2n) is 6.91. The molecule has 128 valence electrons. The summed E-state index contributed by atoms with van der Waals surface area (Å²) in [4.78, 5) is 22.7. The van der Waals surface area contributed by atoms with E-state index >= 15 is 0 Å². The molecule has 0 spiro atoms. The fourth-order valence-electron chi connectivity index (χ4n) is 3.66. The summed E-state index contributed by atoms with van der Waals surface area (Å²) in [6, 6.07) is 0. The normalized spacial score (nSPS) is 24.4. The fraction of sp³-hybridized carbons (Fsp3) is 0.625. The second-order valence-corrected chi connectivity index (χ2v) is 7.76. The highest BCUT2D eigenvalue weighted by Gasteiger charge is 2.44. The van der Waals surface area contributed by atoms with Crippen LogP contribution in [0.1, 0.15) is 43.0 Å². The SMILES string of the molecule is CC(=O)Nc1nc(CN2C[C@@H](c3n[nH]c(C)n3)[C@H](C3CC3)C2)cs1. The molecule has 4 rings (SSSR count). The minimum atomic E-state index is -0.0779. The summed E-state index contributed by atoms with van der Waals surface area (Å²) in [5, 5.41) is 12.9. The standard InChI is InChI=1S/C16H22N6OS/c1-9-17-15(21-20-9)14-7-22(6-13(14)11-3-4-11)5-12-8-24-16(19-12)18-10(2)23/h8,11,13-14H,3-7H2,1-2H3,(H,17,20,21)(H,18,19,23)/t13-,14+/m0/s1. The molecule has 8 heteroatoms. The third-order valence-corrected chi connectivity index (χ3v) is 5.64. The number of hydrogen-bond acceptors (Lipinski definition) is 6.